The zero-order valence-corrected chi connectivity index (χ0v) is 14.0. The third kappa shape index (κ3) is 2.65. The molecule has 2 heterocycles. The largest absolute Gasteiger partial charge is 0.493 e. The summed E-state index contributed by atoms with van der Waals surface area (Å²) in [6, 6.07) is 7.79. The van der Waals surface area contributed by atoms with Crippen molar-refractivity contribution >= 4 is 0 Å². The molecule has 1 unspecified atom stereocenters. The molecule has 1 fully saturated rings. The number of aromatic nitrogens is 1. The first-order valence-electron chi connectivity index (χ1n) is 8.66. The summed E-state index contributed by atoms with van der Waals surface area (Å²) in [4.78, 5) is 4.04. The Kier molecular flexibility index (Phi) is 3.93. The molecular weight excluding hydrogens is 302 g/mol. The number of hydrogen-bond acceptors (Lipinski definition) is 4. The van der Waals surface area contributed by atoms with E-state index in [1.807, 2.05) is 24.3 Å². The van der Waals surface area contributed by atoms with Crippen molar-refractivity contribution in [1.82, 2.24) is 4.98 Å². The van der Waals surface area contributed by atoms with Gasteiger partial charge in [-0.3, -0.25) is 4.98 Å². The van der Waals surface area contributed by atoms with Gasteiger partial charge in [-0.1, -0.05) is 6.07 Å². The van der Waals surface area contributed by atoms with Crippen molar-refractivity contribution in [3.63, 3.8) is 0 Å². The van der Waals surface area contributed by atoms with E-state index < -0.39 is 6.10 Å². The monoisotopic (exact) mass is 325 g/mol. The maximum atomic E-state index is 10.8. The van der Waals surface area contributed by atoms with Crippen LogP contribution in [0.4, 0.5) is 0 Å². The highest BCUT2D eigenvalue weighted by molar-refractivity contribution is 5.55. The molecule has 24 heavy (non-hydrogen) atoms. The predicted molar refractivity (Wildman–Crippen MR) is 91.4 cm³/mol. The Hall–Kier alpha value is -2.07. The highest BCUT2D eigenvalue weighted by atomic mass is 16.5. The quantitative estimate of drug-likeness (QED) is 0.933. The van der Waals surface area contributed by atoms with Crippen LogP contribution >= 0.6 is 0 Å². The van der Waals surface area contributed by atoms with Crippen LogP contribution in [0, 0.1) is 0 Å². The number of benzene rings is 1. The molecule has 1 aromatic heterocycles. The van der Waals surface area contributed by atoms with Crippen LogP contribution in [0.3, 0.4) is 0 Å². The topological polar surface area (TPSA) is 51.6 Å². The molecule has 4 heteroatoms. The molecule has 1 spiro atoms. The zero-order valence-electron chi connectivity index (χ0n) is 14.0. The van der Waals surface area contributed by atoms with Crippen LogP contribution < -0.4 is 9.47 Å². The third-order valence-electron chi connectivity index (χ3n) is 5.35. The Labute approximate surface area is 142 Å². The van der Waals surface area contributed by atoms with Crippen molar-refractivity contribution in [2.24, 2.45) is 0 Å². The molecule has 0 bridgehead atoms. The van der Waals surface area contributed by atoms with Crippen molar-refractivity contribution in [3.05, 3.63) is 53.3 Å². The molecule has 1 aliphatic heterocycles. The molecule has 1 N–H and O–H groups in total. The van der Waals surface area contributed by atoms with Crippen LogP contribution in [0.5, 0.6) is 11.5 Å². The summed E-state index contributed by atoms with van der Waals surface area (Å²) in [6.45, 7) is 0. The molecule has 1 aliphatic carbocycles. The highest BCUT2D eigenvalue weighted by Gasteiger charge is 2.44. The van der Waals surface area contributed by atoms with Gasteiger partial charge in [0.05, 0.1) is 13.2 Å². The maximum absolute atomic E-state index is 10.8. The van der Waals surface area contributed by atoms with Crippen LogP contribution in [-0.4, -0.2) is 22.8 Å². The summed E-state index contributed by atoms with van der Waals surface area (Å²) in [5.74, 6) is 1.61. The number of pyridine rings is 1. The zero-order chi connectivity index (χ0) is 16.6. The van der Waals surface area contributed by atoms with Crippen LogP contribution in [-0.2, 0) is 12.8 Å². The molecule has 2 aliphatic rings. The summed E-state index contributed by atoms with van der Waals surface area (Å²) in [7, 11) is 1.67. The van der Waals surface area contributed by atoms with Crippen LogP contribution in [0.15, 0.2) is 36.7 Å². The summed E-state index contributed by atoms with van der Waals surface area (Å²) >= 11 is 0. The number of hydrogen-bond donors (Lipinski definition) is 1. The van der Waals surface area contributed by atoms with Gasteiger partial charge in [0, 0.05) is 30.8 Å². The minimum absolute atomic E-state index is 0.0812. The van der Waals surface area contributed by atoms with Crippen LogP contribution in [0.1, 0.15) is 48.5 Å². The molecule has 4 nitrogen and oxygen atoms in total. The fourth-order valence-electron chi connectivity index (χ4n) is 4.11. The minimum atomic E-state index is -0.549. The second-order valence-corrected chi connectivity index (χ2v) is 6.91. The molecular formula is C20H23NO3. The lowest BCUT2D eigenvalue weighted by atomic mass is 9.90. The number of aliphatic hydroxyl groups excluding tert-OH is 1. The van der Waals surface area contributed by atoms with Gasteiger partial charge in [-0.2, -0.15) is 0 Å². The highest BCUT2D eigenvalue weighted by Crippen LogP contribution is 2.50. The molecule has 2 aromatic rings. The number of methoxy groups -OCH3 is 1. The van der Waals surface area contributed by atoms with Crippen LogP contribution in [0.25, 0.3) is 0 Å². The Morgan fingerprint density at radius 2 is 1.96 bits per heavy atom. The van der Waals surface area contributed by atoms with E-state index in [-0.39, 0.29) is 5.60 Å². The first kappa shape index (κ1) is 15.5. The average molecular weight is 325 g/mol. The molecule has 126 valence electrons. The van der Waals surface area contributed by atoms with Crippen molar-refractivity contribution in [2.75, 3.05) is 7.11 Å². The Balaban J connectivity index is 1.67. The lowest BCUT2D eigenvalue weighted by molar-refractivity contribution is 0.0995. The molecule has 4 rings (SSSR count). The first-order valence-corrected chi connectivity index (χ1v) is 8.66. The van der Waals surface area contributed by atoms with Gasteiger partial charge in [0.25, 0.3) is 0 Å². The van der Waals surface area contributed by atoms with Crippen LogP contribution in [0.2, 0.25) is 0 Å². The smallest absolute Gasteiger partial charge is 0.165 e. The molecule has 0 radical (unpaired) electrons. The van der Waals surface area contributed by atoms with Crippen molar-refractivity contribution in [1.29, 1.82) is 0 Å². The molecule has 1 atom stereocenters. The van der Waals surface area contributed by atoms with E-state index >= 15 is 0 Å². The number of nitrogens with zero attached hydrogens (tertiary/aromatic N) is 1. The third-order valence-corrected chi connectivity index (χ3v) is 5.35. The average Bonchev–Trinajstić information content (AvgIpc) is 3.21. The summed E-state index contributed by atoms with van der Waals surface area (Å²) in [5, 5.41) is 10.8. The summed E-state index contributed by atoms with van der Waals surface area (Å²) < 4.78 is 11.9. The van der Waals surface area contributed by atoms with E-state index in [2.05, 4.69) is 4.98 Å². The van der Waals surface area contributed by atoms with Gasteiger partial charge in [-0.15, -0.1) is 0 Å². The number of rotatable bonds is 4. The number of aliphatic hydroxyl groups is 1. The second-order valence-electron chi connectivity index (χ2n) is 6.91. The number of ether oxygens (including phenoxy) is 2. The molecule has 1 aromatic carbocycles. The van der Waals surface area contributed by atoms with Crippen molar-refractivity contribution in [2.45, 2.75) is 50.2 Å². The van der Waals surface area contributed by atoms with Gasteiger partial charge < -0.3 is 14.6 Å². The standard InChI is InChI=1S/C20H23NO3/c1-23-18-5-4-15(17(22)12-14-6-10-21-11-7-14)16-13-20(24-19(16)18)8-2-3-9-20/h4-7,10-11,17,22H,2-3,8-9,12-13H2,1H3. The van der Waals surface area contributed by atoms with Gasteiger partial charge in [0.2, 0.25) is 0 Å². The predicted octanol–water partition coefficient (Wildman–Crippen LogP) is 3.61. The number of fused-ring (bicyclic) bond motifs is 1. The minimum Gasteiger partial charge on any atom is -0.493 e. The van der Waals surface area contributed by atoms with E-state index in [1.165, 1.54) is 12.8 Å². The Bertz CT molecular complexity index is 723. The lowest BCUT2D eigenvalue weighted by Crippen LogP contribution is -2.30. The fraction of sp³-hybridized carbons (Fsp3) is 0.450. The normalized spacial score (nSPS) is 19.1. The van der Waals surface area contributed by atoms with E-state index in [4.69, 9.17) is 9.47 Å². The lowest BCUT2D eigenvalue weighted by Gasteiger charge is -2.22. The van der Waals surface area contributed by atoms with E-state index in [0.29, 0.717) is 6.42 Å². The Morgan fingerprint density at radius 3 is 2.67 bits per heavy atom. The van der Waals surface area contributed by atoms with Crippen molar-refractivity contribution < 1.29 is 14.6 Å². The van der Waals surface area contributed by atoms with E-state index in [9.17, 15) is 5.11 Å². The Morgan fingerprint density at radius 1 is 1.21 bits per heavy atom. The van der Waals surface area contributed by atoms with Gasteiger partial charge in [0.1, 0.15) is 5.60 Å². The molecule has 0 amide bonds. The summed E-state index contributed by atoms with van der Waals surface area (Å²) in [5.41, 5.74) is 3.09. The maximum Gasteiger partial charge on any atom is 0.165 e. The SMILES string of the molecule is COc1ccc(C(O)Cc2ccncc2)c2c1OC1(CCCC1)C2. The van der Waals surface area contributed by atoms with Gasteiger partial charge >= 0.3 is 0 Å². The van der Waals surface area contributed by atoms with Crippen molar-refractivity contribution in [3.8, 4) is 11.5 Å². The second kappa shape index (κ2) is 6.10. The summed E-state index contributed by atoms with van der Waals surface area (Å²) in [6.07, 6.45) is 9.03. The van der Waals surface area contributed by atoms with Gasteiger partial charge in [-0.05, 0) is 55.0 Å². The molecule has 0 saturated heterocycles. The van der Waals surface area contributed by atoms with E-state index in [0.717, 1.165) is 47.5 Å². The first-order chi connectivity index (χ1) is 11.7. The fourth-order valence-corrected chi connectivity index (χ4v) is 4.11. The van der Waals surface area contributed by atoms with E-state index in [1.54, 1.807) is 19.5 Å². The molecule has 1 saturated carbocycles. The van der Waals surface area contributed by atoms with Gasteiger partial charge in [-0.25, -0.2) is 0 Å². The van der Waals surface area contributed by atoms with Gasteiger partial charge in [0.15, 0.2) is 11.5 Å².